The second-order valence-electron chi connectivity index (χ2n) is 7.79. The number of anilines is 2. The number of nitrogens with one attached hydrogen (secondary N) is 2. The molecule has 4 rings (SSSR count). The molecule has 1 aromatic heterocycles. The number of rotatable bonds is 9. The van der Waals surface area contributed by atoms with Crippen LogP contribution in [0.2, 0.25) is 0 Å². The third kappa shape index (κ3) is 6.23. The lowest BCUT2D eigenvalue weighted by molar-refractivity contribution is -0.116. The third-order valence-corrected chi connectivity index (χ3v) is 5.14. The minimum absolute atomic E-state index is 0.0654. The van der Waals surface area contributed by atoms with Crippen molar-refractivity contribution in [3.63, 3.8) is 0 Å². The van der Waals surface area contributed by atoms with Crippen molar-refractivity contribution in [3.05, 3.63) is 108 Å². The third-order valence-electron chi connectivity index (χ3n) is 5.14. The van der Waals surface area contributed by atoms with Crippen molar-refractivity contribution >= 4 is 23.3 Å². The second kappa shape index (κ2) is 10.8. The SMILES string of the molecule is NC(=O)CN(Cc1ccccc1)c1cccc(NC(=O)NCc2cnn(-c3ccccc3)c2)c1. The van der Waals surface area contributed by atoms with Gasteiger partial charge in [-0.25, -0.2) is 9.48 Å². The van der Waals surface area contributed by atoms with Crippen molar-refractivity contribution in [2.75, 3.05) is 16.8 Å². The van der Waals surface area contributed by atoms with E-state index in [0.717, 1.165) is 22.5 Å². The fourth-order valence-electron chi connectivity index (χ4n) is 3.54. The number of hydrogen-bond donors (Lipinski definition) is 3. The minimum Gasteiger partial charge on any atom is -0.368 e. The number of carbonyl (C=O) groups excluding carboxylic acids is 2. The van der Waals surface area contributed by atoms with Gasteiger partial charge < -0.3 is 21.3 Å². The van der Waals surface area contributed by atoms with Crippen molar-refractivity contribution in [2.24, 2.45) is 5.73 Å². The van der Waals surface area contributed by atoms with Crippen LogP contribution in [0.4, 0.5) is 16.2 Å². The van der Waals surface area contributed by atoms with E-state index in [1.165, 1.54) is 0 Å². The number of nitrogens with two attached hydrogens (primary N) is 1. The lowest BCUT2D eigenvalue weighted by atomic mass is 10.2. The number of para-hydroxylation sites is 1. The Morgan fingerprint density at radius 1 is 0.912 bits per heavy atom. The van der Waals surface area contributed by atoms with E-state index in [1.54, 1.807) is 16.9 Å². The number of nitrogens with zero attached hydrogens (tertiary/aromatic N) is 3. The molecule has 0 aliphatic rings. The van der Waals surface area contributed by atoms with Crippen LogP contribution < -0.4 is 21.3 Å². The van der Waals surface area contributed by atoms with E-state index < -0.39 is 5.91 Å². The summed E-state index contributed by atoms with van der Waals surface area (Å²) in [4.78, 5) is 26.0. The molecule has 8 nitrogen and oxygen atoms in total. The van der Waals surface area contributed by atoms with Gasteiger partial charge in [0.2, 0.25) is 5.91 Å². The normalized spacial score (nSPS) is 10.5. The highest BCUT2D eigenvalue weighted by molar-refractivity contribution is 5.90. The quantitative estimate of drug-likeness (QED) is 0.359. The van der Waals surface area contributed by atoms with Gasteiger partial charge in [-0.15, -0.1) is 0 Å². The van der Waals surface area contributed by atoms with Crippen LogP contribution in [0, 0.1) is 0 Å². The van der Waals surface area contributed by atoms with Gasteiger partial charge in [-0.1, -0.05) is 54.6 Å². The Morgan fingerprint density at radius 2 is 1.65 bits per heavy atom. The average molecular weight is 455 g/mol. The summed E-state index contributed by atoms with van der Waals surface area (Å²) in [5.74, 6) is -0.428. The number of primary amides is 1. The van der Waals surface area contributed by atoms with Crippen LogP contribution in [0.3, 0.4) is 0 Å². The van der Waals surface area contributed by atoms with Crippen LogP contribution in [0.1, 0.15) is 11.1 Å². The Morgan fingerprint density at radius 3 is 2.38 bits per heavy atom. The number of amides is 3. The molecule has 3 amide bonds. The van der Waals surface area contributed by atoms with E-state index in [2.05, 4.69) is 15.7 Å². The Labute approximate surface area is 198 Å². The number of urea groups is 1. The van der Waals surface area contributed by atoms with Crippen LogP contribution in [0.15, 0.2) is 97.3 Å². The van der Waals surface area contributed by atoms with Crippen LogP contribution in [-0.4, -0.2) is 28.3 Å². The molecule has 0 radical (unpaired) electrons. The van der Waals surface area contributed by atoms with Crippen LogP contribution >= 0.6 is 0 Å². The maximum atomic E-state index is 12.5. The first-order chi connectivity index (χ1) is 16.6. The molecule has 4 aromatic rings. The molecule has 0 spiro atoms. The maximum Gasteiger partial charge on any atom is 0.319 e. The average Bonchev–Trinajstić information content (AvgIpc) is 3.33. The van der Waals surface area contributed by atoms with Crippen LogP contribution in [0.25, 0.3) is 5.69 Å². The van der Waals surface area contributed by atoms with Gasteiger partial charge in [0, 0.05) is 36.2 Å². The minimum atomic E-state index is -0.428. The highest BCUT2D eigenvalue weighted by atomic mass is 16.2. The Balaban J connectivity index is 1.37. The van der Waals surface area contributed by atoms with Crippen molar-refractivity contribution in [1.29, 1.82) is 0 Å². The molecule has 0 aliphatic heterocycles. The van der Waals surface area contributed by atoms with Crippen molar-refractivity contribution in [2.45, 2.75) is 13.1 Å². The zero-order chi connectivity index (χ0) is 23.8. The van der Waals surface area contributed by atoms with E-state index in [9.17, 15) is 9.59 Å². The van der Waals surface area contributed by atoms with E-state index in [4.69, 9.17) is 5.73 Å². The molecular formula is C26H26N6O2. The first-order valence-corrected chi connectivity index (χ1v) is 10.9. The van der Waals surface area contributed by atoms with E-state index in [1.807, 2.05) is 90.0 Å². The van der Waals surface area contributed by atoms with Crippen molar-refractivity contribution < 1.29 is 9.59 Å². The summed E-state index contributed by atoms with van der Waals surface area (Å²) in [6, 6.07) is 26.6. The lowest BCUT2D eigenvalue weighted by Crippen LogP contribution is -2.33. The summed E-state index contributed by atoms with van der Waals surface area (Å²) in [7, 11) is 0. The van der Waals surface area contributed by atoms with E-state index in [-0.39, 0.29) is 12.6 Å². The fourth-order valence-corrected chi connectivity index (χ4v) is 3.54. The molecule has 0 bridgehead atoms. The molecule has 34 heavy (non-hydrogen) atoms. The van der Waals surface area contributed by atoms with E-state index in [0.29, 0.717) is 18.8 Å². The number of aromatic nitrogens is 2. The van der Waals surface area contributed by atoms with Crippen molar-refractivity contribution in [1.82, 2.24) is 15.1 Å². The molecule has 0 fully saturated rings. The highest BCUT2D eigenvalue weighted by Gasteiger charge is 2.12. The van der Waals surface area contributed by atoms with Gasteiger partial charge in [0.1, 0.15) is 0 Å². The second-order valence-corrected chi connectivity index (χ2v) is 7.79. The standard InChI is InChI=1S/C26H26N6O2/c27-25(33)19-31(17-20-8-3-1-4-9-20)24-13-7-10-22(14-24)30-26(34)28-15-21-16-29-32(18-21)23-11-5-2-6-12-23/h1-14,16,18H,15,17,19H2,(H2,27,33)(H2,28,30,34). The molecule has 0 saturated heterocycles. The largest absolute Gasteiger partial charge is 0.368 e. The number of benzene rings is 3. The summed E-state index contributed by atoms with van der Waals surface area (Å²) in [6.07, 6.45) is 3.60. The fraction of sp³-hybridized carbons (Fsp3) is 0.115. The summed E-state index contributed by atoms with van der Waals surface area (Å²) in [5, 5.41) is 10.0. The van der Waals surface area contributed by atoms with Gasteiger partial charge in [0.05, 0.1) is 18.4 Å². The zero-order valence-electron chi connectivity index (χ0n) is 18.6. The van der Waals surface area contributed by atoms with Gasteiger partial charge in [-0.3, -0.25) is 4.79 Å². The van der Waals surface area contributed by atoms with Crippen LogP contribution in [-0.2, 0) is 17.9 Å². The van der Waals surface area contributed by atoms with Gasteiger partial charge in [0.15, 0.2) is 0 Å². The molecule has 172 valence electrons. The van der Waals surface area contributed by atoms with Gasteiger partial charge >= 0.3 is 6.03 Å². The molecule has 0 aliphatic carbocycles. The predicted molar refractivity (Wildman–Crippen MR) is 133 cm³/mol. The van der Waals surface area contributed by atoms with Gasteiger partial charge in [0.25, 0.3) is 0 Å². The summed E-state index contributed by atoms with van der Waals surface area (Å²) in [5.41, 5.74) is 9.74. The Hall–Kier alpha value is -4.59. The molecule has 1 heterocycles. The topological polar surface area (TPSA) is 105 Å². The van der Waals surface area contributed by atoms with Crippen LogP contribution in [0.5, 0.6) is 0 Å². The molecule has 3 aromatic carbocycles. The Bertz CT molecular complexity index is 1240. The molecule has 0 unspecified atom stereocenters. The monoisotopic (exact) mass is 454 g/mol. The molecule has 4 N–H and O–H groups in total. The van der Waals surface area contributed by atoms with Gasteiger partial charge in [-0.05, 0) is 35.9 Å². The van der Waals surface area contributed by atoms with Gasteiger partial charge in [-0.2, -0.15) is 5.10 Å². The van der Waals surface area contributed by atoms with E-state index >= 15 is 0 Å². The summed E-state index contributed by atoms with van der Waals surface area (Å²) in [6.45, 7) is 0.918. The number of carbonyl (C=O) groups is 2. The summed E-state index contributed by atoms with van der Waals surface area (Å²) < 4.78 is 1.76. The smallest absolute Gasteiger partial charge is 0.319 e. The highest BCUT2D eigenvalue weighted by Crippen LogP contribution is 2.21. The first kappa shape index (κ1) is 22.6. The zero-order valence-corrected chi connectivity index (χ0v) is 18.6. The molecule has 0 saturated carbocycles. The molecule has 8 heteroatoms. The lowest BCUT2D eigenvalue weighted by Gasteiger charge is -2.24. The van der Waals surface area contributed by atoms with Crippen molar-refractivity contribution in [3.8, 4) is 5.69 Å². The predicted octanol–water partition coefficient (Wildman–Crippen LogP) is 3.69. The summed E-state index contributed by atoms with van der Waals surface area (Å²) >= 11 is 0. The Kier molecular flexibility index (Phi) is 7.19. The number of hydrogen-bond acceptors (Lipinski definition) is 4. The molecule has 0 atom stereocenters. The molecular weight excluding hydrogens is 428 g/mol. The first-order valence-electron chi connectivity index (χ1n) is 10.9. The maximum absolute atomic E-state index is 12.5.